The van der Waals surface area contributed by atoms with Crippen molar-refractivity contribution in [3.05, 3.63) is 36.0 Å². The molecule has 138 valence electrons. The number of guanidine groups is 1. The second kappa shape index (κ2) is 7.85. The number of hydrogen-bond acceptors (Lipinski definition) is 6. The summed E-state index contributed by atoms with van der Waals surface area (Å²) in [5.41, 5.74) is 0.822. The average Bonchev–Trinajstić information content (AvgIpc) is 3.23. The van der Waals surface area contributed by atoms with Gasteiger partial charge in [-0.2, -0.15) is 4.98 Å². The van der Waals surface area contributed by atoms with Crippen LogP contribution in [0, 0.1) is 6.92 Å². The predicted octanol–water partition coefficient (Wildman–Crippen LogP) is 0.857. The highest BCUT2D eigenvalue weighted by Gasteiger charge is 2.31. The Kier molecular flexibility index (Phi) is 5.35. The number of carbonyl (C=O) groups excluding carboxylic acids is 1. The van der Waals surface area contributed by atoms with Gasteiger partial charge in [0.1, 0.15) is 5.75 Å². The molecular weight excluding hydrogens is 336 g/mol. The van der Waals surface area contributed by atoms with Gasteiger partial charge in [0.25, 0.3) is 0 Å². The molecule has 1 atom stereocenters. The number of rotatable bonds is 5. The molecule has 3 rings (SSSR count). The molecule has 1 unspecified atom stereocenters. The van der Waals surface area contributed by atoms with Gasteiger partial charge in [0.05, 0.1) is 19.7 Å². The highest BCUT2D eigenvalue weighted by Crippen LogP contribution is 2.25. The minimum absolute atomic E-state index is 0.0516. The molecule has 0 aliphatic carbocycles. The molecular formula is C17H22N6O3. The summed E-state index contributed by atoms with van der Waals surface area (Å²) in [5.74, 6) is 2.41. The van der Waals surface area contributed by atoms with Crippen LogP contribution in [0.4, 0.5) is 5.69 Å². The van der Waals surface area contributed by atoms with Crippen molar-refractivity contribution in [1.29, 1.82) is 0 Å². The first kappa shape index (κ1) is 17.7. The maximum absolute atomic E-state index is 12.4. The Bertz CT molecular complexity index is 803. The first-order valence-corrected chi connectivity index (χ1v) is 8.30. The summed E-state index contributed by atoms with van der Waals surface area (Å²) in [7, 11) is 3.28. The molecule has 9 nitrogen and oxygen atoms in total. The standard InChI is InChI=1S/C17H22N6O3/c1-11-20-15(26-22-11)9-19-17(18-2)21-12-7-16(24)23(10-12)13-5-4-6-14(8-13)25-3/h4-6,8,12H,7,9-10H2,1-3H3,(H2,18,19,21). The number of anilines is 1. The number of ether oxygens (including phenoxy) is 1. The Morgan fingerprint density at radius 1 is 1.50 bits per heavy atom. The highest BCUT2D eigenvalue weighted by atomic mass is 16.5. The topological polar surface area (TPSA) is 105 Å². The fourth-order valence-electron chi connectivity index (χ4n) is 2.79. The van der Waals surface area contributed by atoms with Crippen LogP contribution in [0.1, 0.15) is 18.1 Å². The van der Waals surface area contributed by atoms with Crippen molar-refractivity contribution in [2.75, 3.05) is 25.6 Å². The van der Waals surface area contributed by atoms with Gasteiger partial charge in [-0.15, -0.1) is 0 Å². The molecule has 26 heavy (non-hydrogen) atoms. The summed E-state index contributed by atoms with van der Waals surface area (Å²) in [5, 5.41) is 10.1. The molecule has 0 spiro atoms. The third kappa shape index (κ3) is 4.11. The molecule has 0 radical (unpaired) electrons. The number of aromatic nitrogens is 2. The Balaban J connectivity index is 1.58. The summed E-state index contributed by atoms with van der Waals surface area (Å²) in [4.78, 5) is 22.4. The van der Waals surface area contributed by atoms with E-state index in [1.165, 1.54) is 0 Å². The molecule has 1 aromatic carbocycles. The summed E-state index contributed by atoms with van der Waals surface area (Å²) in [6.07, 6.45) is 0.386. The average molecular weight is 358 g/mol. The van der Waals surface area contributed by atoms with Crippen molar-refractivity contribution in [2.24, 2.45) is 4.99 Å². The van der Waals surface area contributed by atoms with Crippen LogP contribution < -0.4 is 20.3 Å². The first-order chi connectivity index (χ1) is 12.6. The van der Waals surface area contributed by atoms with Gasteiger partial charge in [-0.3, -0.25) is 9.79 Å². The highest BCUT2D eigenvalue weighted by molar-refractivity contribution is 5.97. The number of nitrogens with one attached hydrogen (secondary N) is 2. The second-order valence-electron chi connectivity index (χ2n) is 5.91. The van der Waals surface area contributed by atoms with Gasteiger partial charge in [0.2, 0.25) is 11.8 Å². The van der Waals surface area contributed by atoms with Crippen molar-refractivity contribution in [3.8, 4) is 5.75 Å². The predicted molar refractivity (Wildman–Crippen MR) is 96.1 cm³/mol. The van der Waals surface area contributed by atoms with E-state index < -0.39 is 0 Å². The van der Waals surface area contributed by atoms with Crippen molar-refractivity contribution < 1.29 is 14.1 Å². The van der Waals surface area contributed by atoms with E-state index in [1.807, 2.05) is 24.3 Å². The molecule has 0 bridgehead atoms. The first-order valence-electron chi connectivity index (χ1n) is 8.30. The molecule has 9 heteroatoms. The zero-order valence-corrected chi connectivity index (χ0v) is 15.0. The van der Waals surface area contributed by atoms with E-state index in [4.69, 9.17) is 9.26 Å². The molecule has 1 aliphatic heterocycles. The van der Waals surface area contributed by atoms with E-state index in [0.29, 0.717) is 37.2 Å². The minimum Gasteiger partial charge on any atom is -0.497 e. The molecule has 1 saturated heterocycles. The van der Waals surface area contributed by atoms with Gasteiger partial charge in [-0.25, -0.2) is 0 Å². The molecule has 1 fully saturated rings. The van der Waals surface area contributed by atoms with Crippen LogP contribution in [0.5, 0.6) is 5.75 Å². The van der Waals surface area contributed by atoms with Crippen molar-refractivity contribution in [3.63, 3.8) is 0 Å². The Labute approximate surface area is 151 Å². The van der Waals surface area contributed by atoms with E-state index in [2.05, 4.69) is 25.8 Å². The third-order valence-corrected chi connectivity index (χ3v) is 4.03. The summed E-state index contributed by atoms with van der Waals surface area (Å²) < 4.78 is 10.3. The van der Waals surface area contributed by atoms with Gasteiger partial charge in [-0.05, 0) is 19.1 Å². The van der Waals surface area contributed by atoms with E-state index >= 15 is 0 Å². The molecule has 0 saturated carbocycles. The number of hydrogen-bond donors (Lipinski definition) is 2. The number of amides is 1. The second-order valence-corrected chi connectivity index (χ2v) is 5.91. The lowest BCUT2D eigenvalue weighted by molar-refractivity contribution is -0.117. The van der Waals surface area contributed by atoms with Crippen LogP contribution in [-0.2, 0) is 11.3 Å². The Morgan fingerprint density at radius 2 is 2.35 bits per heavy atom. The normalized spacial score (nSPS) is 17.5. The van der Waals surface area contributed by atoms with Crippen LogP contribution in [0.2, 0.25) is 0 Å². The number of aryl methyl sites for hydroxylation is 1. The van der Waals surface area contributed by atoms with Gasteiger partial charge in [-0.1, -0.05) is 11.2 Å². The van der Waals surface area contributed by atoms with Crippen LogP contribution in [0.3, 0.4) is 0 Å². The third-order valence-electron chi connectivity index (χ3n) is 4.03. The Hall–Kier alpha value is -3.10. The smallest absolute Gasteiger partial charge is 0.246 e. The van der Waals surface area contributed by atoms with E-state index in [-0.39, 0.29) is 11.9 Å². The molecule has 1 amide bonds. The number of aliphatic imine (C=N–C) groups is 1. The molecule has 2 aromatic rings. The van der Waals surface area contributed by atoms with Gasteiger partial charge in [0.15, 0.2) is 11.8 Å². The van der Waals surface area contributed by atoms with Crippen molar-refractivity contribution >= 4 is 17.6 Å². The molecule has 1 aliphatic rings. The van der Waals surface area contributed by atoms with Gasteiger partial charge < -0.3 is 24.8 Å². The van der Waals surface area contributed by atoms with Crippen LogP contribution in [-0.4, -0.2) is 48.8 Å². The zero-order valence-electron chi connectivity index (χ0n) is 15.0. The lowest BCUT2D eigenvalue weighted by atomic mass is 10.2. The maximum atomic E-state index is 12.4. The summed E-state index contributed by atoms with van der Waals surface area (Å²) in [6.45, 7) is 2.67. The number of methoxy groups -OCH3 is 1. The van der Waals surface area contributed by atoms with Gasteiger partial charge in [0, 0.05) is 31.8 Å². The van der Waals surface area contributed by atoms with Crippen molar-refractivity contribution in [1.82, 2.24) is 20.8 Å². The van der Waals surface area contributed by atoms with E-state index in [9.17, 15) is 4.79 Å². The number of carbonyl (C=O) groups is 1. The van der Waals surface area contributed by atoms with Gasteiger partial charge >= 0.3 is 0 Å². The van der Waals surface area contributed by atoms with Crippen LogP contribution in [0.25, 0.3) is 0 Å². The molecule has 1 aromatic heterocycles. The van der Waals surface area contributed by atoms with E-state index in [0.717, 1.165) is 11.4 Å². The molecule has 2 N–H and O–H groups in total. The van der Waals surface area contributed by atoms with Crippen molar-refractivity contribution in [2.45, 2.75) is 25.9 Å². The molecule has 2 heterocycles. The SMILES string of the molecule is CN=C(NCc1nc(C)no1)NC1CC(=O)N(c2cccc(OC)c2)C1. The summed E-state index contributed by atoms with van der Waals surface area (Å²) >= 11 is 0. The van der Waals surface area contributed by atoms with E-state index in [1.54, 1.807) is 26.0 Å². The summed E-state index contributed by atoms with van der Waals surface area (Å²) in [6, 6.07) is 7.42. The Morgan fingerprint density at radius 3 is 3.04 bits per heavy atom. The number of nitrogens with zero attached hydrogens (tertiary/aromatic N) is 4. The minimum atomic E-state index is -0.0516. The maximum Gasteiger partial charge on any atom is 0.246 e. The largest absolute Gasteiger partial charge is 0.497 e. The fourth-order valence-corrected chi connectivity index (χ4v) is 2.79. The monoisotopic (exact) mass is 358 g/mol. The van der Waals surface area contributed by atoms with Crippen LogP contribution >= 0.6 is 0 Å². The lowest BCUT2D eigenvalue weighted by Crippen LogP contribution is -2.44. The number of benzene rings is 1. The fraction of sp³-hybridized carbons (Fsp3) is 0.412. The lowest BCUT2D eigenvalue weighted by Gasteiger charge is -2.19. The zero-order chi connectivity index (χ0) is 18.5. The van der Waals surface area contributed by atoms with Crippen LogP contribution in [0.15, 0.2) is 33.8 Å². The quantitative estimate of drug-likeness (QED) is 0.603.